The maximum absolute atomic E-state index is 13.0. The van der Waals surface area contributed by atoms with Crippen molar-refractivity contribution in [3.8, 4) is 0 Å². The zero-order valence-corrected chi connectivity index (χ0v) is 15.7. The van der Waals surface area contributed by atoms with Crippen LogP contribution in [0.5, 0.6) is 0 Å². The normalized spacial score (nSPS) is 19.5. The van der Waals surface area contributed by atoms with Crippen molar-refractivity contribution in [3.63, 3.8) is 0 Å². The van der Waals surface area contributed by atoms with Gasteiger partial charge in [0, 0.05) is 19.0 Å². The molecule has 2 aromatic heterocycles. The quantitative estimate of drug-likeness (QED) is 0.698. The fraction of sp³-hybridized carbons (Fsp3) is 0.412. The molecule has 132 valence electrons. The Morgan fingerprint density at radius 3 is 2.80 bits per heavy atom. The van der Waals surface area contributed by atoms with E-state index in [0.29, 0.717) is 24.5 Å². The van der Waals surface area contributed by atoms with E-state index in [0.717, 1.165) is 28.1 Å². The van der Waals surface area contributed by atoms with Crippen molar-refractivity contribution in [2.75, 3.05) is 13.1 Å². The molecule has 0 aliphatic carbocycles. The molecule has 6 nitrogen and oxygen atoms in total. The molecule has 0 radical (unpaired) electrons. The summed E-state index contributed by atoms with van der Waals surface area (Å²) >= 11 is 1.66. The molecular formula is C17H19N3O3S2. The summed E-state index contributed by atoms with van der Waals surface area (Å²) in [4.78, 5) is 4.92. The Morgan fingerprint density at radius 1 is 1.28 bits per heavy atom. The van der Waals surface area contributed by atoms with Crippen LogP contribution in [0.4, 0.5) is 0 Å². The number of benzene rings is 1. The molecule has 8 heteroatoms. The molecule has 0 bridgehead atoms. The van der Waals surface area contributed by atoms with E-state index in [2.05, 4.69) is 11.2 Å². The van der Waals surface area contributed by atoms with Crippen molar-refractivity contribution in [3.05, 3.63) is 40.7 Å². The molecule has 3 aromatic rings. The fourth-order valence-electron chi connectivity index (χ4n) is 3.40. The summed E-state index contributed by atoms with van der Waals surface area (Å²) in [5.41, 5.74) is 1.40. The lowest BCUT2D eigenvalue weighted by Gasteiger charge is -2.30. The van der Waals surface area contributed by atoms with Crippen molar-refractivity contribution in [1.82, 2.24) is 14.4 Å². The lowest BCUT2D eigenvalue weighted by atomic mass is 10.0. The van der Waals surface area contributed by atoms with Crippen molar-refractivity contribution >= 4 is 31.6 Å². The summed E-state index contributed by atoms with van der Waals surface area (Å²) < 4.78 is 33.9. The van der Waals surface area contributed by atoms with Crippen LogP contribution in [0.15, 0.2) is 33.7 Å². The zero-order chi connectivity index (χ0) is 17.6. The average molecular weight is 377 g/mol. The van der Waals surface area contributed by atoms with Gasteiger partial charge in [0.15, 0.2) is 5.76 Å². The molecule has 0 saturated carbocycles. The predicted molar refractivity (Wildman–Crippen MR) is 96.3 cm³/mol. The Hall–Kier alpha value is -1.77. The Bertz CT molecular complexity index is 970. The highest BCUT2D eigenvalue weighted by atomic mass is 32.2. The summed E-state index contributed by atoms with van der Waals surface area (Å²) in [6.45, 7) is 4.28. The molecule has 0 N–H and O–H groups in total. The largest absolute Gasteiger partial charge is 0.360 e. The smallest absolute Gasteiger partial charge is 0.248 e. The van der Waals surface area contributed by atoms with Crippen molar-refractivity contribution in [1.29, 1.82) is 0 Å². The molecule has 0 amide bonds. The first-order chi connectivity index (χ1) is 12.0. The van der Waals surface area contributed by atoms with Crippen LogP contribution in [-0.2, 0) is 10.0 Å². The second-order valence-electron chi connectivity index (χ2n) is 6.38. The minimum absolute atomic E-state index is 0.126. The molecule has 4 rings (SSSR count). The van der Waals surface area contributed by atoms with E-state index in [1.54, 1.807) is 29.5 Å². The fourth-order valence-corrected chi connectivity index (χ4v) is 6.31. The third kappa shape index (κ3) is 2.88. The van der Waals surface area contributed by atoms with Gasteiger partial charge in [-0.05, 0) is 38.8 Å². The van der Waals surface area contributed by atoms with E-state index < -0.39 is 10.0 Å². The SMILES string of the molecule is Cc1noc(C)c1S(=O)(=O)N1CCC[C@@H](c2nc3ccccc3s2)C1. The van der Waals surface area contributed by atoms with Gasteiger partial charge < -0.3 is 4.52 Å². The van der Waals surface area contributed by atoms with Crippen LogP contribution >= 0.6 is 11.3 Å². The summed E-state index contributed by atoms with van der Waals surface area (Å²) in [7, 11) is -3.60. The van der Waals surface area contributed by atoms with Crippen LogP contribution in [-0.4, -0.2) is 36.0 Å². The van der Waals surface area contributed by atoms with Gasteiger partial charge in [-0.1, -0.05) is 17.3 Å². The number of hydrogen-bond acceptors (Lipinski definition) is 6. The molecule has 25 heavy (non-hydrogen) atoms. The van der Waals surface area contributed by atoms with Gasteiger partial charge in [-0.15, -0.1) is 11.3 Å². The highest BCUT2D eigenvalue weighted by Crippen LogP contribution is 2.35. The van der Waals surface area contributed by atoms with Crippen LogP contribution in [0.25, 0.3) is 10.2 Å². The van der Waals surface area contributed by atoms with Crippen molar-refractivity contribution in [2.45, 2.75) is 37.5 Å². The second-order valence-corrected chi connectivity index (χ2v) is 9.31. The van der Waals surface area contributed by atoms with Gasteiger partial charge in [-0.2, -0.15) is 4.31 Å². The van der Waals surface area contributed by atoms with Gasteiger partial charge in [0.25, 0.3) is 0 Å². The highest BCUT2D eigenvalue weighted by molar-refractivity contribution is 7.89. The van der Waals surface area contributed by atoms with Gasteiger partial charge in [0.05, 0.1) is 15.2 Å². The number of sulfonamides is 1. The number of aromatic nitrogens is 2. The van der Waals surface area contributed by atoms with Gasteiger partial charge in [0.2, 0.25) is 10.0 Å². The number of fused-ring (bicyclic) bond motifs is 1. The van der Waals surface area contributed by atoms with Gasteiger partial charge >= 0.3 is 0 Å². The molecule has 0 unspecified atom stereocenters. The lowest BCUT2D eigenvalue weighted by molar-refractivity contribution is 0.314. The standard InChI is InChI=1S/C17H19N3O3S2/c1-11-16(12(2)23-19-11)25(21,22)20-9-5-6-13(10-20)17-18-14-7-3-4-8-15(14)24-17/h3-4,7-8,13H,5-6,9-10H2,1-2H3/t13-/m1/s1. The maximum atomic E-state index is 13.0. The van der Waals surface area contributed by atoms with E-state index in [1.807, 2.05) is 18.2 Å². The van der Waals surface area contributed by atoms with Gasteiger partial charge in [-0.25, -0.2) is 13.4 Å². The second kappa shape index (κ2) is 6.19. The molecular weight excluding hydrogens is 358 g/mol. The molecule has 1 aliphatic heterocycles. The van der Waals surface area contributed by atoms with E-state index in [9.17, 15) is 8.42 Å². The lowest BCUT2D eigenvalue weighted by Crippen LogP contribution is -2.39. The van der Waals surface area contributed by atoms with Crippen LogP contribution < -0.4 is 0 Å². The van der Waals surface area contributed by atoms with Crippen molar-refractivity contribution < 1.29 is 12.9 Å². The zero-order valence-electron chi connectivity index (χ0n) is 14.1. The Kier molecular flexibility index (Phi) is 4.13. The van der Waals surface area contributed by atoms with Crippen LogP contribution in [0.2, 0.25) is 0 Å². The first-order valence-electron chi connectivity index (χ1n) is 8.25. The molecule has 1 aliphatic rings. The molecule has 1 saturated heterocycles. The number of thiazole rings is 1. The monoisotopic (exact) mass is 377 g/mol. The summed E-state index contributed by atoms with van der Waals surface area (Å²) in [6.07, 6.45) is 1.77. The van der Waals surface area contributed by atoms with E-state index in [-0.39, 0.29) is 10.8 Å². The first-order valence-corrected chi connectivity index (χ1v) is 10.5. The number of nitrogens with zero attached hydrogens (tertiary/aromatic N) is 3. The number of aryl methyl sites for hydroxylation is 2. The molecule has 1 aromatic carbocycles. The third-order valence-electron chi connectivity index (χ3n) is 4.61. The number of rotatable bonds is 3. The minimum Gasteiger partial charge on any atom is -0.360 e. The third-order valence-corrected chi connectivity index (χ3v) is 7.92. The molecule has 1 fully saturated rings. The first kappa shape index (κ1) is 16.7. The van der Waals surface area contributed by atoms with E-state index in [4.69, 9.17) is 9.51 Å². The molecule has 3 heterocycles. The van der Waals surface area contributed by atoms with Crippen molar-refractivity contribution in [2.24, 2.45) is 0 Å². The highest BCUT2D eigenvalue weighted by Gasteiger charge is 2.35. The molecule has 0 spiro atoms. The Morgan fingerprint density at radius 2 is 2.08 bits per heavy atom. The predicted octanol–water partition coefficient (Wildman–Crippen LogP) is 3.47. The minimum atomic E-state index is -3.60. The van der Waals surface area contributed by atoms with Crippen LogP contribution in [0, 0.1) is 13.8 Å². The van der Waals surface area contributed by atoms with Gasteiger partial charge in [-0.3, -0.25) is 0 Å². The van der Waals surface area contributed by atoms with Crippen LogP contribution in [0.1, 0.15) is 35.2 Å². The van der Waals surface area contributed by atoms with Gasteiger partial charge in [0.1, 0.15) is 10.6 Å². The Balaban J connectivity index is 1.65. The number of hydrogen-bond donors (Lipinski definition) is 0. The topological polar surface area (TPSA) is 76.3 Å². The van der Waals surface area contributed by atoms with E-state index in [1.165, 1.54) is 0 Å². The average Bonchev–Trinajstić information content (AvgIpc) is 3.18. The number of piperidine rings is 1. The maximum Gasteiger partial charge on any atom is 0.248 e. The van der Waals surface area contributed by atoms with E-state index >= 15 is 0 Å². The number of para-hydroxylation sites is 1. The Labute approximate surface area is 150 Å². The molecule has 1 atom stereocenters. The summed E-state index contributed by atoms with van der Waals surface area (Å²) in [5, 5.41) is 4.81. The van der Waals surface area contributed by atoms with Crippen LogP contribution in [0.3, 0.4) is 0 Å². The summed E-state index contributed by atoms with van der Waals surface area (Å²) in [6, 6.07) is 8.02. The summed E-state index contributed by atoms with van der Waals surface area (Å²) in [5.74, 6) is 0.473.